The number of aromatic nitrogens is 3. The maximum Gasteiger partial charge on any atom is 0.258 e. The third kappa shape index (κ3) is 9.10. The number of imidazole rings is 1. The van der Waals surface area contributed by atoms with Crippen LogP contribution in [0.1, 0.15) is 83.0 Å². The molecule has 2 aromatic heterocycles. The summed E-state index contributed by atoms with van der Waals surface area (Å²) in [6, 6.07) is 7.58. The normalized spacial score (nSPS) is 18.2. The minimum absolute atomic E-state index is 0.0196. The number of unbranched alkanes of at least 4 members (excludes halogenated alkanes) is 2. The van der Waals surface area contributed by atoms with E-state index in [1.807, 2.05) is 49.3 Å². The van der Waals surface area contributed by atoms with Gasteiger partial charge in [-0.25, -0.2) is 4.98 Å². The number of ketones is 1. The average molecular weight is 564 g/mol. The average Bonchev–Trinajstić information content (AvgIpc) is 3.46. The molecule has 9 nitrogen and oxygen atoms in total. The number of ether oxygens (including phenoxy) is 1. The Morgan fingerprint density at radius 1 is 1.05 bits per heavy atom. The summed E-state index contributed by atoms with van der Waals surface area (Å²) in [7, 11) is 1.97. The molecule has 41 heavy (non-hydrogen) atoms. The lowest BCUT2D eigenvalue weighted by molar-refractivity contribution is -0.123. The monoisotopic (exact) mass is 563 g/mol. The first-order valence-corrected chi connectivity index (χ1v) is 15.2. The quantitative estimate of drug-likeness (QED) is 0.392. The number of hydrogen-bond donors (Lipinski definition) is 2. The lowest BCUT2D eigenvalue weighted by Gasteiger charge is -2.20. The van der Waals surface area contributed by atoms with Crippen LogP contribution in [0.4, 0.5) is 0 Å². The second-order valence-corrected chi connectivity index (χ2v) is 11.2. The molecule has 4 heterocycles. The summed E-state index contributed by atoms with van der Waals surface area (Å²) >= 11 is 0. The van der Waals surface area contributed by atoms with Crippen LogP contribution in [0.15, 0.2) is 41.5 Å². The summed E-state index contributed by atoms with van der Waals surface area (Å²) in [5.41, 5.74) is 1.80. The topological polar surface area (TPSA) is 109 Å². The number of amides is 1. The predicted molar refractivity (Wildman–Crippen MR) is 162 cm³/mol. The maximum atomic E-state index is 13.1. The largest absolute Gasteiger partial charge is 0.381 e. The number of pyridine rings is 1. The van der Waals surface area contributed by atoms with Crippen LogP contribution in [0.2, 0.25) is 0 Å². The number of nitrogens with one attached hydrogen (secondary N) is 2. The summed E-state index contributed by atoms with van der Waals surface area (Å²) < 4.78 is 7.58. The molecule has 3 aromatic rings. The van der Waals surface area contributed by atoms with E-state index in [1.165, 1.54) is 0 Å². The molecule has 5 rings (SSSR count). The van der Waals surface area contributed by atoms with E-state index in [9.17, 15) is 14.4 Å². The zero-order valence-electron chi connectivity index (χ0n) is 24.6. The summed E-state index contributed by atoms with van der Waals surface area (Å²) in [6.45, 7) is 5.09. The highest BCUT2D eigenvalue weighted by Gasteiger charge is 2.19. The van der Waals surface area contributed by atoms with Crippen LogP contribution in [-0.4, -0.2) is 64.5 Å². The fourth-order valence-corrected chi connectivity index (χ4v) is 5.33. The van der Waals surface area contributed by atoms with E-state index in [4.69, 9.17) is 4.74 Å². The van der Waals surface area contributed by atoms with Gasteiger partial charge < -0.3 is 19.6 Å². The number of likely N-dealkylation sites (N-methyl/N-ethyl adjacent to an activating group) is 1. The van der Waals surface area contributed by atoms with Crippen LogP contribution < -0.4 is 10.9 Å². The Kier molecular flexibility index (Phi) is 11.7. The van der Waals surface area contributed by atoms with Gasteiger partial charge in [-0.05, 0) is 75.7 Å². The highest BCUT2D eigenvalue weighted by Crippen LogP contribution is 2.25. The molecule has 0 saturated heterocycles. The third-order valence-corrected chi connectivity index (χ3v) is 7.82. The molecule has 1 aromatic carbocycles. The number of carbonyl (C=O) groups is 2. The van der Waals surface area contributed by atoms with E-state index in [2.05, 4.69) is 15.3 Å². The predicted octanol–water partition coefficient (Wildman–Crippen LogP) is 5.00. The van der Waals surface area contributed by atoms with Crippen LogP contribution >= 0.6 is 0 Å². The van der Waals surface area contributed by atoms with Gasteiger partial charge in [0.15, 0.2) is 0 Å². The van der Waals surface area contributed by atoms with Gasteiger partial charge in [0.05, 0.1) is 24.5 Å². The smallest absolute Gasteiger partial charge is 0.258 e. The molecule has 1 atom stereocenters. The Bertz CT molecular complexity index is 1350. The molecule has 0 unspecified atom stereocenters. The van der Waals surface area contributed by atoms with Gasteiger partial charge in [-0.1, -0.05) is 25.8 Å². The molecule has 6 bridgehead atoms. The molecule has 0 spiro atoms. The number of fused-ring (bicyclic) bond motifs is 15. The van der Waals surface area contributed by atoms with Crippen molar-refractivity contribution in [1.29, 1.82) is 0 Å². The molecular formula is C32H45N5O4. The first-order valence-electron chi connectivity index (χ1n) is 15.2. The highest BCUT2D eigenvalue weighted by atomic mass is 16.5. The minimum Gasteiger partial charge on any atom is -0.381 e. The number of nitrogens with zero attached hydrogens (tertiary/aromatic N) is 3. The molecule has 0 radical (unpaired) electrons. The third-order valence-electron chi connectivity index (χ3n) is 7.82. The minimum atomic E-state index is -0.255. The van der Waals surface area contributed by atoms with Crippen molar-refractivity contribution in [3.8, 4) is 11.3 Å². The number of carbonyl (C=O) groups excluding carboxylic acids is 2. The molecule has 1 amide bonds. The number of rotatable bonds is 7. The standard InChI is InChI=1S/C32H45N5O4/c1-3-26(38)11-5-4-6-12-28-31-33-22-29(35-31)25-13-14-27-24(21-25)15-18-37(32(27)40)17-8-10-20-41-19-9-7-16-36(2)23-30(39)34-28/h13-15,18,21-22,28H,3-12,16-17,19-20,23H2,1-2H3,(H,33,35)(H,34,39)/t28-/m0/s1. The van der Waals surface area contributed by atoms with Crippen LogP contribution in [0.3, 0.4) is 0 Å². The van der Waals surface area contributed by atoms with Gasteiger partial charge in [0.1, 0.15) is 11.6 Å². The Morgan fingerprint density at radius 3 is 2.66 bits per heavy atom. The van der Waals surface area contributed by atoms with E-state index in [1.54, 1.807) is 10.8 Å². The van der Waals surface area contributed by atoms with Crippen molar-refractivity contribution in [3.63, 3.8) is 0 Å². The van der Waals surface area contributed by atoms with Gasteiger partial charge in [0.25, 0.3) is 5.56 Å². The number of aromatic amines is 1. The Morgan fingerprint density at radius 2 is 1.85 bits per heavy atom. The molecule has 2 N–H and O–H groups in total. The van der Waals surface area contributed by atoms with Gasteiger partial charge in [0, 0.05) is 49.7 Å². The molecule has 2 aliphatic rings. The van der Waals surface area contributed by atoms with E-state index in [0.29, 0.717) is 56.1 Å². The molecule has 2 aliphatic heterocycles. The Balaban J connectivity index is 1.54. The summed E-state index contributed by atoms with van der Waals surface area (Å²) in [4.78, 5) is 47.9. The van der Waals surface area contributed by atoms with Crippen LogP contribution in [0.25, 0.3) is 22.0 Å². The molecule has 222 valence electrons. The van der Waals surface area contributed by atoms with E-state index >= 15 is 0 Å². The van der Waals surface area contributed by atoms with Crippen molar-refractivity contribution in [2.24, 2.45) is 0 Å². The van der Waals surface area contributed by atoms with Gasteiger partial charge >= 0.3 is 0 Å². The van der Waals surface area contributed by atoms with E-state index in [0.717, 1.165) is 74.6 Å². The highest BCUT2D eigenvalue weighted by molar-refractivity contribution is 5.86. The van der Waals surface area contributed by atoms with Crippen LogP contribution in [-0.2, 0) is 20.9 Å². The zero-order valence-corrected chi connectivity index (χ0v) is 24.6. The van der Waals surface area contributed by atoms with Crippen LogP contribution in [0, 0.1) is 0 Å². The van der Waals surface area contributed by atoms with Crippen molar-refractivity contribution < 1.29 is 14.3 Å². The van der Waals surface area contributed by atoms with Crippen molar-refractivity contribution in [3.05, 3.63) is 52.8 Å². The molecule has 9 heteroatoms. The molecule has 0 fully saturated rings. The van der Waals surface area contributed by atoms with Crippen molar-refractivity contribution >= 4 is 22.5 Å². The summed E-state index contributed by atoms with van der Waals surface area (Å²) in [5.74, 6) is 0.974. The fraction of sp³-hybridized carbons (Fsp3) is 0.562. The molecule has 0 aliphatic carbocycles. The van der Waals surface area contributed by atoms with Gasteiger partial charge in [0.2, 0.25) is 5.91 Å². The number of H-pyrrole nitrogens is 1. The number of Topliss-reactive ketones (excluding diaryl/α,β-unsaturated/α-hetero) is 1. The van der Waals surface area contributed by atoms with Crippen LogP contribution in [0.5, 0.6) is 0 Å². The van der Waals surface area contributed by atoms with Crippen molar-refractivity contribution in [1.82, 2.24) is 24.8 Å². The summed E-state index contributed by atoms with van der Waals surface area (Å²) in [5, 5.41) is 4.78. The number of hydrogen-bond acceptors (Lipinski definition) is 6. The number of benzene rings is 1. The van der Waals surface area contributed by atoms with E-state index < -0.39 is 0 Å². The number of aryl methyl sites for hydroxylation is 1. The van der Waals surface area contributed by atoms with Crippen molar-refractivity contribution in [2.75, 3.05) is 33.4 Å². The Labute approximate surface area is 242 Å². The maximum absolute atomic E-state index is 13.1. The molecular weight excluding hydrogens is 518 g/mol. The second kappa shape index (κ2) is 15.6. The van der Waals surface area contributed by atoms with E-state index in [-0.39, 0.29) is 17.5 Å². The van der Waals surface area contributed by atoms with Gasteiger partial charge in [-0.2, -0.15) is 0 Å². The summed E-state index contributed by atoms with van der Waals surface area (Å²) in [6.07, 6.45) is 12.0. The SMILES string of the molecule is CCC(=O)CCCCC[C@@H]1NC(=O)CN(C)CCCCOCCCCn2ccc3cc(ccc3c2=O)-c2cnc1[nH]2. The van der Waals surface area contributed by atoms with Gasteiger partial charge in [-0.15, -0.1) is 0 Å². The fourth-order valence-electron chi connectivity index (χ4n) is 5.33. The Hall–Kier alpha value is -3.30. The lowest BCUT2D eigenvalue weighted by atomic mass is 10.0. The first-order chi connectivity index (χ1) is 19.9. The van der Waals surface area contributed by atoms with Crippen molar-refractivity contribution in [2.45, 2.75) is 83.7 Å². The zero-order chi connectivity index (χ0) is 29.0. The van der Waals surface area contributed by atoms with Gasteiger partial charge in [-0.3, -0.25) is 19.3 Å². The molecule has 0 saturated carbocycles. The lowest BCUT2D eigenvalue weighted by Crippen LogP contribution is -2.38. The second-order valence-electron chi connectivity index (χ2n) is 11.2. The first kappa shape index (κ1) is 30.7.